The van der Waals surface area contributed by atoms with Gasteiger partial charge in [0.05, 0.1) is 5.75 Å². The first-order chi connectivity index (χ1) is 10.1. The summed E-state index contributed by atoms with van der Waals surface area (Å²) in [5.41, 5.74) is 2.14. The van der Waals surface area contributed by atoms with Crippen LogP contribution in [0.15, 0.2) is 41.8 Å². The standard InChI is InChI=1S/C16H21N3OS/c1-4-12(2)13-5-7-14(8-6-13)18-15(20)11-21-16-17-9-10-19(16)3/h5-10,12H,4,11H2,1-3H3,(H,18,20)/t12-/m0/s1. The Morgan fingerprint density at radius 2 is 2.10 bits per heavy atom. The van der Waals surface area contributed by atoms with Crippen LogP contribution in [0.3, 0.4) is 0 Å². The monoisotopic (exact) mass is 303 g/mol. The molecule has 0 aliphatic heterocycles. The molecule has 2 aromatic rings. The van der Waals surface area contributed by atoms with Gasteiger partial charge in [-0.2, -0.15) is 0 Å². The van der Waals surface area contributed by atoms with Gasteiger partial charge in [-0.15, -0.1) is 0 Å². The highest BCUT2D eigenvalue weighted by Crippen LogP contribution is 2.21. The highest BCUT2D eigenvalue weighted by atomic mass is 32.2. The van der Waals surface area contributed by atoms with Crippen molar-refractivity contribution in [1.29, 1.82) is 0 Å². The van der Waals surface area contributed by atoms with Crippen LogP contribution in [-0.4, -0.2) is 21.2 Å². The number of imidazole rings is 1. The lowest BCUT2D eigenvalue weighted by Gasteiger charge is -2.10. The molecule has 0 saturated heterocycles. The third-order valence-electron chi connectivity index (χ3n) is 3.49. The molecule has 0 saturated carbocycles. The van der Waals surface area contributed by atoms with E-state index < -0.39 is 0 Å². The number of thioether (sulfide) groups is 1. The maximum absolute atomic E-state index is 11.9. The molecule has 1 amide bonds. The van der Waals surface area contributed by atoms with Gasteiger partial charge in [-0.05, 0) is 30.0 Å². The van der Waals surface area contributed by atoms with Crippen molar-refractivity contribution in [3.8, 4) is 0 Å². The van der Waals surface area contributed by atoms with Gasteiger partial charge < -0.3 is 9.88 Å². The maximum atomic E-state index is 11.9. The van der Waals surface area contributed by atoms with Gasteiger partial charge in [0.15, 0.2) is 5.16 Å². The van der Waals surface area contributed by atoms with Crippen molar-refractivity contribution in [2.45, 2.75) is 31.3 Å². The molecule has 1 N–H and O–H groups in total. The highest BCUT2D eigenvalue weighted by molar-refractivity contribution is 7.99. The number of aryl methyl sites for hydroxylation is 1. The van der Waals surface area contributed by atoms with Gasteiger partial charge in [0.2, 0.25) is 5.91 Å². The Hall–Kier alpha value is -1.75. The summed E-state index contributed by atoms with van der Waals surface area (Å²) in [5, 5.41) is 3.76. The van der Waals surface area contributed by atoms with E-state index in [-0.39, 0.29) is 5.91 Å². The highest BCUT2D eigenvalue weighted by Gasteiger charge is 2.07. The van der Waals surface area contributed by atoms with E-state index in [9.17, 15) is 4.79 Å². The number of amides is 1. The first-order valence-corrected chi connectivity index (χ1v) is 8.08. The number of carbonyl (C=O) groups excluding carboxylic acids is 1. The normalized spacial score (nSPS) is 12.1. The number of benzene rings is 1. The Bertz CT molecular complexity index is 592. The van der Waals surface area contributed by atoms with Crippen LogP contribution in [0, 0.1) is 0 Å². The minimum Gasteiger partial charge on any atom is -0.329 e. The fraction of sp³-hybridized carbons (Fsp3) is 0.375. The van der Waals surface area contributed by atoms with Gasteiger partial charge in [0.1, 0.15) is 0 Å². The van der Waals surface area contributed by atoms with E-state index in [1.54, 1.807) is 6.20 Å². The molecular weight excluding hydrogens is 282 g/mol. The van der Waals surface area contributed by atoms with Crippen LogP contribution in [0.2, 0.25) is 0 Å². The topological polar surface area (TPSA) is 46.9 Å². The number of nitrogens with one attached hydrogen (secondary N) is 1. The van der Waals surface area contributed by atoms with Crippen LogP contribution in [0.5, 0.6) is 0 Å². The molecule has 21 heavy (non-hydrogen) atoms. The molecule has 112 valence electrons. The molecule has 1 aromatic heterocycles. The van der Waals surface area contributed by atoms with Crippen LogP contribution in [0.4, 0.5) is 5.69 Å². The molecule has 5 heteroatoms. The number of hydrogen-bond acceptors (Lipinski definition) is 3. The first kappa shape index (κ1) is 15.6. The van der Waals surface area contributed by atoms with Crippen LogP contribution < -0.4 is 5.32 Å². The summed E-state index contributed by atoms with van der Waals surface area (Å²) >= 11 is 1.43. The quantitative estimate of drug-likeness (QED) is 0.828. The number of nitrogens with zero attached hydrogens (tertiary/aromatic N) is 2. The van der Waals surface area contributed by atoms with Crippen molar-refractivity contribution in [2.75, 3.05) is 11.1 Å². The van der Waals surface area contributed by atoms with E-state index in [0.29, 0.717) is 11.7 Å². The second-order valence-electron chi connectivity index (χ2n) is 5.09. The molecule has 0 fully saturated rings. The summed E-state index contributed by atoms with van der Waals surface area (Å²) in [6.07, 6.45) is 4.72. The van der Waals surface area contributed by atoms with Crippen molar-refractivity contribution in [1.82, 2.24) is 9.55 Å². The molecule has 0 radical (unpaired) electrons. The van der Waals surface area contributed by atoms with E-state index >= 15 is 0 Å². The predicted octanol–water partition coefficient (Wildman–Crippen LogP) is 3.66. The lowest BCUT2D eigenvalue weighted by Crippen LogP contribution is -2.14. The van der Waals surface area contributed by atoms with Crippen LogP contribution in [0.1, 0.15) is 31.7 Å². The van der Waals surface area contributed by atoms with E-state index in [1.807, 2.05) is 29.9 Å². The number of rotatable bonds is 6. The minimum absolute atomic E-state index is 0.0145. The van der Waals surface area contributed by atoms with Crippen molar-refractivity contribution < 1.29 is 4.79 Å². The summed E-state index contributed by atoms with van der Waals surface area (Å²) in [6, 6.07) is 8.08. The van der Waals surface area contributed by atoms with Gasteiger partial charge >= 0.3 is 0 Å². The smallest absolute Gasteiger partial charge is 0.234 e. The summed E-state index contributed by atoms with van der Waals surface area (Å²) in [7, 11) is 1.92. The molecule has 2 rings (SSSR count). The molecule has 0 spiro atoms. The minimum atomic E-state index is -0.0145. The fourth-order valence-corrected chi connectivity index (χ4v) is 2.68. The Morgan fingerprint density at radius 1 is 1.38 bits per heavy atom. The Labute approximate surface area is 130 Å². The van der Waals surface area contributed by atoms with Crippen molar-refractivity contribution in [3.05, 3.63) is 42.2 Å². The van der Waals surface area contributed by atoms with E-state index in [1.165, 1.54) is 17.3 Å². The van der Waals surface area contributed by atoms with Gasteiger partial charge in [-0.25, -0.2) is 4.98 Å². The molecule has 4 nitrogen and oxygen atoms in total. The zero-order valence-electron chi connectivity index (χ0n) is 12.7. The van der Waals surface area contributed by atoms with Gasteiger partial charge in [-0.1, -0.05) is 37.7 Å². The summed E-state index contributed by atoms with van der Waals surface area (Å²) < 4.78 is 1.90. The molecule has 1 atom stereocenters. The SMILES string of the molecule is CC[C@H](C)c1ccc(NC(=O)CSc2nccn2C)cc1. The van der Waals surface area contributed by atoms with E-state index in [0.717, 1.165) is 17.3 Å². The Kier molecular flexibility index (Phi) is 5.44. The average molecular weight is 303 g/mol. The van der Waals surface area contributed by atoms with Crippen molar-refractivity contribution in [3.63, 3.8) is 0 Å². The summed E-state index contributed by atoms with van der Waals surface area (Å²) in [5.74, 6) is 0.894. The summed E-state index contributed by atoms with van der Waals surface area (Å²) in [6.45, 7) is 4.38. The zero-order chi connectivity index (χ0) is 15.2. The fourth-order valence-electron chi connectivity index (χ4n) is 1.95. The first-order valence-electron chi connectivity index (χ1n) is 7.10. The average Bonchev–Trinajstić information content (AvgIpc) is 2.90. The number of anilines is 1. The van der Waals surface area contributed by atoms with Crippen molar-refractivity contribution in [2.24, 2.45) is 7.05 Å². The third-order valence-corrected chi connectivity index (χ3v) is 4.54. The number of hydrogen-bond donors (Lipinski definition) is 1. The number of carbonyl (C=O) groups is 1. The van der Waals surface area contributed by atoms with Gasteiger partial charge in [0.25, 0.3) is 0 Å². The second kappa shape index (κ2) is 7.31. The van der Waals surface area contributed by atoms with Crippen molar-refractivity contribution >= 4 is 23.4 Å². The van der Waals surface area contributed by atoms with Gasteiger partial charge in [-0.3, -0.25) is 4.79 Å². The van der Waals surface area contributed by atoms with E-state index in [4.69, 9.17) is 0 Å². The number of aromatic nitrogens is 2. The van der Waals surface area contributed by atoms with E-state index in [2.05, 4.69) is 36.3 Å². The summed E-state index contributed by atoms with van der Waals surface area (Å²) in [4.78, 5) is 16.1. The lowest BCUT2D eigenvalue weighted by molar-refractivity contribution is -0.113. The second-order valence-corrected chi connectivity index (χ2v) is 6.03. The lowest BCUT2D eigenvalue weighted by atomic mass is 9.99. The Balaban J connectivity index is 1.86. The maximum Gasteiger partial charge on any atom is 0.234 e. The molecule has 0 aliphatic rings. The van der Waals surface area contributed by atoms with Gasteiger partial charge in [0, 0.05) is 25.1 Å². The molecule has 0 bridgehead atoms. The van der Waals surface area contributed by atoms with Crippen LogP contribution in [0.25, 0.3) is 0 Å². The largest absolute Gasteiger partial charge is 0.329 e. The molecule has 0 aliphatic carbocycles. The van der Waals surface area contributed by atoms with Crippen LogP contribution in [-0.2, 0) is 11.8 Å². The third kappa shape index (κ3) is 4.36. The van der Waals surface area contributed by atoms with Crippen LogP contribution >= 0.6 is 11.8 Å². The predicted molar refractivity (Wildman–Crippen MR) is 87.7 cm³/mol. The molecule has 0 unspecified atom stereocenters. The molecular formula is C16H21N3OS. The zero-order valence-corrected chi connectivity index (χ0v) is 13.5. The Morgan fingerprint density at radius 3 is 2.67 bits per heavy atom. The molecule has 1 heterocycles. The molecule has 1 aromatic carbocycles.